The highest BCUT2D eigenvalue weighted by atomic mass is 32.1. The average Bonchev–Trinajstić information content (AvgIpc) is 2.74. The van der Waals surface area contributed by atoms with E-state index in [2.05, 4.69) is 5.32 Å². The minimum atomic E-state index is -4.22. The summed E-state index contributed by atoms with van der Waals surface area (Å²) >= 11 is 1.46. The molecule has 0 aliphatic carbocycles. The first kappa shape index (κ1) is 13.1. The molecule has 0 spiro atoms. The Hall–Kier alpha value is -1.34. The highest BCUT2D eigenvalue weighted by Crippen LogP contribution is 2.16. The van der Waals surface area contributed by atoms with Crippen molar-refractivity contribution in [1.29, 1.82) is 0 Å². The van der Waals surface area contributed by atoms with Gasteiger partial charge in [0, 0.05) is 24.0 Å². The summed E-state index contributed by atoms with van der Waals surface area (Å²) in [6.45, 7) is -0.710. The molecule has 0 unspecified atom stereocenters. The predicted molar refractivity (Wildman–Crippen MR) is 65.0 cm³/mol. The van der Waals surface area contributed by atoms with Crippen molar-refractivity contribution in [2.45, 2.75) is 12.7 Å². The predicted octanol–water partition coefficient (Wildman–Crippen LogP) is 2.21. The van der Waals surface area contributed by atoms with E-state index in [-0.39, 0.29) is 18.6 Å². The van der Waals surface area contributed by atoms with Gasteiger partial charge in [0.25, 0.3) is 5.56 Å². The summed E-state index contributed by atoms with van der Waals surface area (Å²) in [4.78, 5) is 11.9. The Morgan fingerprint density at radius 3 is 2.83 bits per heavy atom. The van der Waals surface area contributed by atoms with Gasteiger partial charge in [0.1, 0.15) is 0 Å². The molecule has 3 nitrogen and oxygen atoms in total. The van der Waals surface area contributed by atoms with Crippen LogP contribution >= 0.6 is 11.3 Å². The van der Waals surface area contributed by atoms with E-state index in [0.29, 0.717) is 5.39 Å². The Morgan fingerprint density at radius 2 is 2.11 bits per heavy atom. The number of hydrogen-bond donors (Lipinski definition) is 1. The third-order valence-corrected chi connectivity index (χ3v) is 3.33. The van der Waals surface area contributed by atoms with Gasteiger partial charge in [-0.25, -0.2) is 0 Å². The molecule has 0 aliphatic heterocycles. The van der Waals surface area contributed by atoms with Crippen LogP contribution in [0, 0.1) is 0 Å². The molecule has 7 heteroatoms. The van der Waals surface area contributed by atoms with Crippen molar-refractivity contribution < 1.29 is 13.2 Å². The van der Waals surface area contributed by atoms with Gasteiger partial charge < -0.3 is 9.88 Å². The van der Waals surface area contributed by atoms with Gasteiger partial charge >= 0.3 is 6.18 Å². The van der Waals surface area contributed by atoms with E-state index in [1.807, 2.05) is 5.38 Å². The summed E-state index contributed by atoms with van der Waals surface area (Å²) in [6.07, 6.45) is -2.61. The number of rotatable bonds is 4. The van der Waals surface area contributed by atoms with Crippen molar-refractivity contribution in [3.63, 3.8) is 0 Å². The van der Waals surface area contributed by atoms with Gasteiger partial charge in [0.15, 0.2) is 0 Å². The lowest BCUT2D eigenvalue weighted by Gasteiger charge is -2.09. The molecule has 2 rings (SSSR count). The van der Waals surface area contributed by atoms with Gasteiger partial charge in [-0.15, -0.1) is 11.3 Å². The van der Waals surface area contributed by atoms with E-state index < -0.39 is 12.7 Å². The van der Waals surface area contributed by atoms with Gasteiger partial charge in [0.2, 0.25) is 0 Å². The van der Waals surface area contributed by atoms with Crippen LogP contribution in [0.15, 0.2) is 28.5 Å². The molecule has 0 radical (unpaired) electrons. The number of nitrogens with one attached hydrogen (secondary N) is 1. The van der Waals surface area contributed by atoms with Crippen LogP contribution < -0.4 is 10.9 Å². The Bertz CT molecular complexity index is 588. The number of pyridine rings is 1. The van der Waals surface area contributed by atoms with Gasteiger partial charge in [-0.2, -0.15) is 13.2 Å². The van der Waals surface area contributed by atoms with Crippen molar-refractivity contribution in [3.05, 3.63) is 34.1 Å². The first-order valence-electron chi connectivity index (χ1n) is 5.31. The molecule has 0 saturated carbocycles. The maximum Gasteiger partial charge on any atom is 0.401 e. The molecule has 1 N–H and O–H groups in total. The molecule has 0 fully saturated rings. The summed E-state index contributed by atoms with van der Waals surface area (Å²) in [5.41, 5.74) is -0.164. The number of halogens is 3. The molecule has 2 aromatic heterocycles. The normalized spacial score (nSPS) is 12.2. The highest BCUT2D eigenvalue weighted by Gasteiger charge is 2.25. The summed E-state index contributed by atoms with van der Waals surface area (Å²) < 4.78 is 38.0. The molecular formula is C11H11F3N2OS. The second-order valence-corrected chi connectivity index (χ2v) is 4.75. The maximum absolute atomic E-state index is 11.9. The number of fused-ring (bicyclic) bond motifs is 1. The van der Waals surface area contributed by atoms with Crippen LogP contribution in [0.5, 0.6) is 0 Å². The fourth-order valence-electron chi connectivity index (χ4n) is 1.61. The minimum absolute atomic E-state index is 0.106. The second kappa shape index (κ2) is 5.11. The monoisotopic (exact) mass is 276 g/mol. The van der Waals surface area contributed by atoms with Crippen molar-refractivity contribution in [3.8, 4) is 0 Å². The van der Waals surface area contributed by atoms with Crippen LogP contribution in [-0.4, -0.2) is 23.8 Å². The zero-order valence-electron chi connectivity index (χ0n) is 9.33. The standard InChI is InChI=1S/C11H11F3N2OS/c12-11(13,14)7-15-3-5-16-4-1-9-8(10(16)17)2-6-18-9/h1-2,4,6,15H,3,5,7H2. The molecule has 0 aliphatic rings. The third-order valence-electron chi connectivity index (χ3n) is 2.45. The average molecular weight is 276 g/mol. The SMILES string of the molecule is O=c1c2ccsc2ccn1CCNCC(F)(F)F. The van der Waals surface area contributed by atoms with Crippen LogP contribution in [-0.2, 0) is 6.54 Å². The third kappa shape index (κ3) is 3.11. The molecule has 0 bridgehead atoms. The Kier molecular flexibility index (Phi) is 3.72. The van der Waals surface area contributed by atoms with Gasteiger partial charge in [-0.1, -0.05) is 0 Å². The summed E-state index contributed by atoms with van der Waals surface area (Å²) in [6, 6.07) is 3.52. The smallest absolute Gasteiger partial charge is 0.314 e. The van der Waals surface area contributed by atoms with Crippen molar-refractivity contribution in [1.82, 2.24) is 9.88 Å². The van der Waals surface area contributed by atoms with Crippen LogP contribution in [0.4, 0.5) is 13.2 Å². The van der Waals surface area contributed by atoms with Crippen molar-refractivity contribution in [2.75, 3.05) is 13.1 Å². The van der Waals surface area contributed by atoms with Crippen LogP contribution in [0.1, 0.15) is 0 Å². The van der Waals surface area contributed by atoms with Gasteiger partial charge in [0.05, 0.1) is 11.9 Å². The molecule has 18 heavy (non-hydrogen) atoms. The number of alkyl halides is 3. The van der Waals surface area contributed by atoms with Crippen LogP contribution in [0.25, 0.3) is 10.1 Å². The Morgan fingerprint density at radius 1 is 1.33 bits per heavy atom. The van der Waals surface area contributed by atoms with E-state index in [0.717, 1.165) is 4.70 Å². The summed E-state index contributed by atoms with van der Waals surface area (Å²) in [7, 11) is 0. The fraction of sp³-hybridized carbons (Fsp3) is 0.364. The topological polar surface area (TPSA) is 34.0 Å². The zero-order valence-corrected chi connectivity index (χ0v) is 10.1. The number of thiophene rings is 1. The number of nitrogens with zero attached hydrogens (tertiary/aromatic N) is 1. The lowest BCUT2D eigenvalue weighted by molar-refractivity contribution is -0.124. The number of aromatic nitrogens is 1. The Labute approximate surface area is 105 Å². The van der Waals surface area contributed by atoms with Gasteiger partial charge in [-0.05, 0) is 17.5 Å². The molecule has 0 saturated heterocycles. The largest absolute Gasteiger partial charge is 0.401 e. The molecule has 0 amide bonds. The van der Waals surface area contributed by atoms with E-state index in [9.17, 15) is 18.0 Å². The van der Waals surface area contributed by atoms with Crippen molar-refractivity contribution in [2.24, 2.45) is 0 Å². The first-order chi connectivity index (χ1) is 8.47. The quantitative estimate of drug-likeness (QED) is 0.869. The zero-order chi connectivity index (χ0) is 13.2. The summed E-state index contributed by atoms with van der Waals surface area (Å²) in [5.74, 6) is 0. The first-order valence-corrected chi connectivity index (χ1v) is 6.19. The fourth-order valence-corrected chi connectivity index (χ4v) is 2.38. The molecule has 98 valence electrons. The van der Waals surface area contributed by atoms with E-state index in [1.165, 1.54) is 15.9 Å². The maximum atomic E-state index is 11.9. The lowest BCUT2D eigenvalue weighted by Crippen LogP contribution is -2.33. The second-order valence-electron chi connectivity index (χ2n) is 3.80. The molecule has 0 atom stereocenters. The number of hydrogen-bond acceptors (Lipinski definition) is 3. The van der Waals surface area contributed by atoms with Gasteiger partial charge in [-0.3, -0.25) is 4.79 Å². The van der Waals surface area contributed by atoms with E-state index >= 15 is 0 Å². The van der Waals surface area contributed by atoms with Crippen LogP contribution in [0.3, 0.4) is 0 Å². The molecule has 2 heterocycles. The van der Waals surface area contributed by atoms with E-state index in [1.54, 1.807) is 18.3 Å². The highest BCUT2D eigenvalue weighted by molar-refractivity contribution is 7.17. The minimum Gasteiger partial charge on any atom is -0.314 e. The van der Waals surface area contributed by atoms with Crippen LogP contribution in [0.2, 0.25) is 0 Å². The van der Waals surface area contributed by atoms with Crippen molar-refractivity contribution >= 4 is 21.4 Å². The lowest BCUT2D eigenvalue weighted by atomic mass is 10.3. The van der Waals surface area contributed by atoms with E-state index in [4.69, 9.17) is 0 Å². The molecule has 0 aromatic carbocycles. The molecular weight excluding hydrogens is 265 g/mol. The summed E-state index contributed by atoms with van der Waals surface area (Å²) in [5, 5.41) is 4.69. The molecule has 2 aromatic rings. The Balaban J connectivity index is 2.00.